The summed E-state index contributed by atoms with van der Waals surface area (Å²) in [5, 5.41) is 0. The summed E-state index contributed by atoms with van der Waals surface area (Å²) in [5.41, 5.74) is 1.48. The van der Waals surface area contributed by atoms with Crippen LogP contribution >= 0.6 is 39.9 Å². The van der Waals surface area contributed by atoms with Crippen molar-refractivity contribution in [3.63, 3.8) is 0 Å². The zero-order valence-corrected chi connectivity index (χ0v) is 17.7. The van der Waals surface area contributed by atoms with Gasteiger partial charge in [0.05, 0.1) is 16.5 Å². The zero-order chi connectivity index (χ0) is 19.6. The Morgan fingerprint density at radius 2 is 2.11 bits per heavy atom. The summed E-state index contributed by atoms with van der Waals surface area (Å²) in [5.74, 6) is 0.554. The van der Waals surface area contributed by atoms with E-state index in [0.717, 1.165) is 5.56 Å². The molecule has 2 aromatic carbocycles. The monoisotopic (exact) mass is 467 g/mol. The summed E-state index contributed by atoms with van der Waals surface area (Å²) in [6.07, 6.45) is 1.76. The third-order valence-corrected chi connectivity index (χ3v) is 5.88. The number of hydrogen-bond donors (Lipinski definition) is 0. The number of likely N-dealkylation sites (N-methyl/N-ethyl adjacent to an activating group) is 1. The Bertz CT molecular complexity index is 949. The highest BCUT2D eigenvalue weighted by Crippen LogP contribution is 2.39. The Morgan fingerprint density at radius 3 is 2.74 bits per heavy atom. The molecule has 0 bridgehead atoms. The fourth-order valence-corrected chi connectivity index (χ4v) is 4.20. The quantitative estimate of drug-likeness (QED) is 0.456. The van der Waals surface area contributed by atoms with E-state index in [2.05, 4.69) is 15.9 Å². The van der Waals surface area contributed by atoms with Crippen molar-refractivity contribution in [1.82, 2.24) is 4.90 Å². The third-order valence-electron chi connectivity index (χ3n) is 3.81. The second-order valence-electron chi connectivity index (χ2n) is 5.69. The van der Waals surface area contributed by atoms with E-state index in [9.17, 15) is 9.18 Å². The lowest BCUT2D eigenvalue weighted by molar-refractivity contribution is -0.121. The molecule has 0 aliphatic carbocycles. The molecule has 140 valence electrons. The second kappa shape index (κ2) is 8.41. The van der Waals surface area contributed by atoms with Gasteiger partial charge >= 0.3 is 0 Å². The van der Waals surface area contributed by atoms with Gasteiger partial charge in [0.2, 0.25) is 0 Å². The Labute approximate surface area is 174 Å². The minimum atomic E-state index is -0.314. The van der Waals surface area contributed by atoms with E-state index in [0.29, 0.717) is 30.8 Å². The maximum absolute atomic E-state index is 13.3. The van der Waals surface area contributed by atoms with Gasteiger partial charge < -0.3 is 9.47 Å². The van der Waals surface area contributed by atoms with Gasteiger partial charge in [0, 0.05) is 7.05 Å². The van der Waals surface area contributed by atoms with Crippen LogP contribution in [-0.2, 0) is 11.4 Å². The minimum absolute atomic E-state index is 0.133. The Kier molecular flexibility index (Phi) is 6.18. The van der Waals surface area contributed by atoms with Crippen LogP contribution in [0, 0.1) is 5.82 Å². The van der Waals surface area contributed by atoms with E-state index < -0.39 is 0 Å². The number of nitrogens with zero attached hydrogens (tertiary/aromatic N) is 1. The standard InChI is InChI=1S/C19H15BrFNO3S2/c1-22-18(23)16(27-19(22)26)9-12-7-14(20)17(15(8-12)24-2)25-10-11-4-3-5-13(21)6-11/h3-9H,10H2,1-2H3. The fourth-order valence-electron chi connectivity index (χ4n) is 2.44. The molecule has 1 fully saturated rings. The fraction of sp³-hybridized carbons (Fsp3) is 0.158. The van der Waals surface area contributed by atoms with E-state index in [1.54, 1.807) is 31.3 Å². The number of amides is 1. The molecular weight excluding hydrogens is 453 g/mol. The van der Waals surface area contributed by atoms with Crippen LogP contribution in [-0.4, -0.2) is 29.3 Å². The molecule has 0 spiro atoms. The number of thioether (sulfide) groups is 1. The molecule has 4 nitrogen and oxygen atoms in total. The van der Waals surface area contributed by atoms with Gasteiger partial charge in [-0.1, -0.05) is 36.1 Å². The highest BCUT2D eigenvalue weighted by atomic mass is 79.9. The number of carbonyl (C=O) groups is 1. The molecule has 2 aromatic rings. The normalized spacial score (nSPS) is 15.6. The molecule has 0 atom stereocenters. The number of ether oxygens (including phenoxy) is 2. The summed E-state index contributed by atoms with van der Waals surface area (Å²) < 4.78 is 25.7. The molecule has 0 radical (unpaired) electrons. The van der Waals surface area contributed by atoms with Crippen LogP contribution in [0.5, 0.6) is 11.5 Å². The molecule has 1 aliphatic heterocycles. The van der Waals surface area contributed by atoms with Crippen molar-refractivity contribution in [1.29, 1.82) is 0 Å². The summed E-state index contributed by atoms with van der Waals surface area (Å²) >= 11 is 9.88. The van der Waals surface area contributed by atoms with Crippen molar-refractivity contribution in [2.24, 2.45) is 0 Å². The molecule has 3 rings (SSSR count). The average molecular weight is 468 g/mol. The van der Waals surface area contributed by atoms with Crippen LogP contribution in [0.15, 0.2) is 45.8 Å². The van der Waals surface area contributed by atoms with Gasteiger partial charge in [-0.15, -0.1) is 0 Å². The zero-order valence-electron chi connectivity index (χ0n) is 14.5. The third kappa shape index (κ3) is 4.51. The van der Waals surface area contributed by atoms with Crippen molar-refractivity contribution in [2.75, 3.05) is 14.2 Å². The number of halogens is 2. The molecule has 27 heavy (non-hydrogen) atoms. The van der Waals surface area contributed by atoms with Crippen LogP contribution in [0.25, 0.3) is 6.08 Å². The maximum atomic E-state index is 13.3. The molecule has 1 saturated heterocycles. The van der Waals surface area contributed by atoms with E-state index >= 15 is 0 Å². The van der Waals surface area contributed by atoms with Crippen LogP contribution < -0.4 is 9.47 Å². The molecule has 1 amide bonds. The second-order valence-corrected chi connectivity index (χ2v) is 8.22. The lowest BCUT2D eigenvalue weighted by Gasteiger charge is -2.14. The minimum Gasteiger partial charge on any atom is -0.493 e. The summed E-state index contributed by atoms with van der Waals surface area (Å²) in [6, 6.07) is 9.81. The van der Waals surface area contributed by atoms with E-state index in [4.69, 9.17) is 21.7 Å². The lowest BCUT2D eigenvalue weighted by Crippen LogP contribution is -2.22. The number of thiocarbonyl (C=S) groups is 1. The lowest BCUT2D eigenvalue weighted by atomic mass is 10.1. The number of hydrogen-bond acceptors (Lipinski definition) is 5. The van der Waals surface area contributed by atoms with Gasteiger partial charge in [0.1, 0.15) is 16.7 Å². The summed E-state index contributed by atoms with van der Waals surface area (Å²) in [6.45, 7) is 0.195. The first kappa shape index (κ1) is 19.9. The van der Waals surface area contributed by atoms with E-state index in [1.807, 2.05) is 6.07 Å². The average Bonchev–Trinajstić information content (AvgIpc) is 2.87. The number of carbonyl (C=O) groups excluding carboxylic acids is 1. The van der Waals surface area contributed by atoms with Crippen molar-refractivity contribution in [3.05, 3.63) is 62.7 Å². The van der Waals surface area contributed by atoms with E-state index in [-0.39, 0.29) is 18.3 Å². The maximum Gasteiger partial charge on any atom is 0.265 e. The highest BCUT2D eigenvalue weighted by Gasteiger charge is 2.28. The molecule has 1 aliphatic rings. The molecule has 8 heteroatoms. The molecule has 1 heterocycles. The molecular formula is C19H15BrFNO3S2. The smallest absolute Gasteiger partial charge is 0.265 e. The summed E-state index contributed by atoms with van der Waals surface area (Å²) in [7, 11) is 3.18. The first-order valence-corrected chi connectivity index (χ1v) is 9.87. The van der Waals surface area contributed by atoms with Gasteiger partial charge in [0.15, 0.2) is 11.5 Å². The van der Waals surface area contributed by atoms with Crippen LogP contribution in [0.1, 0.15) is 11.1 Å². The Hall–Kier alpha value is -1.90. The van der Waals surface area contributed by atoms with Crippen molar-refractivity contribution in [3.8, 4) is 11.5 Å². The van der Waals surface area contributed by atoms with Gasteiger partial charge in [0.25, 0.3) is 5.91 Å². The van der Waals surface area contributed by atoms with Crippen molar-refractivity contribution >= 4 is 56.2 Å². The highest BCUT2D eigenvalue weighted by molar-refractivity contribution is 9.10. The number of rotatable bonds is 5. The van der Waals surface area contributed by atoms with Gasteiger partial charge in [-0.05, 0) is 57.4 Å². The van der Waals surface area contributed by atoms with Crippen molar-refractivity contribution in [2.45, 2.75) is 6.61 Å². The SMILES string of the molecule is COc1cc(C=C2SC(=S)N(C)C2=O)cc(Br)c1OCc1cccc(F)c1. The molecule has 0 aromatic heterocycles. The van der Waals surface area contributed by atoms with Gasteiger partial charge in [-0.25, -0.2) is 4.39 Å². The van der Waals surface area contributed by atoms with E-state index in [1.165, 1.54) is 35.9 Å². The van der Waals surface area contributed by atoms with Crippen LogP contribution in [0.2, 0.25) is 0 Å². The predicted molar refractivity (Wildman–Crippen MR) is 112 cm³/mol. The molecule has 0 unspecified atom stereocenters. The van der Waals surface area contributed by atoms with Crippen molar-refractivity contribution < 1.29 is 18.7 Å². The Balaban J connectivity index is 1.85. The van der Waals surface area contributed by atoms with Gasteiger partial charge in [-0.2, -0.15) is 0 Å². The largest absolute Gasteiger partial charge is 0.493 e. The number of benzene rings is 2. The first-order valence-electron chi connectivity index (χ1n) is 7.85. The first-order chi connectivity index (χ1) is 12.9. The van der Waals surface area contributed by atoms with Crippen LogP contribution in [0.4, 0.5) is 4.39 Å². The van der Waals surface area contributed by atoms with Crippen LogP contribution in [0.3, 0.4) is 0 Å². The predicted octanol–water partition coefficient (Wildman–Crippen LogP) is 5.01. The Morgan fingerprint density at radius 1 is 1.33 bits per heavy atom. The topological polar surface area (TPSA) is 38.8 Å². The summed E-state index contributed by atoms with van der Waals surface area (Å²) in [4.78, 5) is 14.1. The molecule has 0 saturated carbocycles. The number of methoxy groups -OCH3 is 1. The molecule has 0 N–H and O–H groups in total. The van der Waals surface area contributed by atoms with Gasteiger partial charge in [-0.3, -0.25) is 9.69 Å².